The van der Waals surface area contributed by atoms with Crippen LogP contribution in [0, 0.1) is 0 Å². The summed E-state index contributed by atoms with van der Waals surface area (Å²) in [6.07, 6.45) is 61.7. The lowest BCUT2D eigenvalue weighted by Crippen LogP contribution is -2.30. The molecule has 0 fully saturated rings. The molecule has 0 aromatic rings. The number of carbonyl (C=O) groups excluding carboxylic acids is 3. The molecule has 1 atom stereocenters. The number of unbranched alkanes of at least 4 members (excludes halogenated alkanes) is 22. The van der Waals surface area contributed by atoms with Gasteiger partial charge in [-0.1, -0.05) is 190 Å². The van der Waals surface area contributed by atoms with E-state index in [0.29, 0.717) is 19.3 Å². The summed E-state index contributed by atoms with van der Waals surface area (Å²) < 4.78 is 16.7. The lowest BCUT2D eigenvalue weighted by Gasteiger charge is -2.18. The summed E-state index contributed by atoms with van der Waals surface area (Å²) in [6.45, 7) is 6.50. The minimum atomic E-state index is -0.805. The van der Waals surface area contributed by atoms with E-state index < -0.39 is 6.10 Å². The maximum atomic E-state index is 12.8. The first-order chi connectivity index (χ1) is 30.0. The van der Waals surface area contributed by atoms with E-state index in [-0.39, 0.29) is 37.5 Å². The molecule has 0 spiro atoms. The van der Waals surface area contributed by atoms with Crippen LogP contribution in [0.5, 0.6) is 0 Å². The van der Waals surface area contributed by atoms with Crippen LogP contribution in [0.15, 0.2) is 72.9 Å². The first-order valence-electron chi connectivity index (χ1n) is 25.4. The predicted molar refractivity (Wildman–Crippen MR) is 261 cm³/mol. The fourth-order valence-corrected chi connectivity index (χ4v) is 6.76. The third kappa shape index (κ3) is 47.7. The summed E-state index contributed by atoms with van der Waals surface area (Å²) in [5, 5.41) is 0. The van der Waals surface area contributed by atoms with Gasteiger partial charge in [0.05, 0.1) is 0 Å². The maximum Gasteiger partial charge on any atom is 0.306 e. The van der Waals surface area contributed by atoms with Crippen LogP contribution in [0.1, 0.15) is 239 Å². The third-order valence-electron chi connectivity index (χ3n) is 10.7. The lowest BCUT2D eigenvalue weighted by molar-refractivity contribution is -0.167. The summed E-state index contributed by atoms with van der Waals surface area (Å²) in [5.41, 5.74) is 0. The van der Waals surface area contributed by atoms with Crippen LogP contribution in [0.25, 0.3) is 0 Å². The molecule has 0 rings (SSSR count). The highest BCUT2D eigenvalue weighted by molar-refractivity contribution is 5.71. The standard InChI is InChI=1S/C55H94O6/c1-4-7-10-13-16-19-22-24-26-27-29-30-33-36-39-42-45-48-54(57)60-51-52(50-59-53(56)47-44-41-38-35-32-21-18-15-12-9-6-3)61-55(58)49-46-43-40-37-34-31-28-25-23-20-17-14-11-8-5-2/h15,17-18,20,24-26,28-30,36,39,52H,4-14,16,19,21-23,27,31-35,37-38,40-51H2,1-3H3/b18-15-,20-17-,26-24-,28-25-,30-29-,39-36-/t52-/m0/s1. The summed E-state index contributed by atoms with van der Waals surface area (Å²) in [5.74, 6) is -0.980. The Kier molecular flexibility index (Phi) is 46.9. The number of allylic oxidation sites excluding steroid dienone is 12. The molecule has 0 radical (unpaired) electrons. The second kappa shape index (κ2) is 49.5. The number of hydrogen-bond donors (Lipinski definition) is 0. The van der Waals surface area contributed by atoms with E-state index in [0.717, 1.165) is 96.3 Å². The number of rotatable bonds is 45. The van der Waals surface area contributed by atoms with E-state index in [2.05, 4.69) is 93.7 Å². The molecule has 0 aliphatic rings. The highest BCUT2D eigenvalue weighted by Gasteiger charge is 2.19. The summed E-state index contributed by atoms with van der Waals surface area (Å²) >= 11 is 0. The van der Waals surface area contributed by atoms with Crippen molar-refractivity contribution in [2.24, 2.45) is 0 Å². The third-order valence-corrected chi connectivity index (χ3v) is 10.7. The van der Waals surface area contributed by atoms with Crippen LogP contribution in [0.2, 0.25) is 0 Å². The van der Waals surface area contributed by atoms with Crippen LogP contribution in [-0.2, 0) is 28.6 Å². The molecule has 6 nitrogen and oxygen atoms in total. The Balaban J connectivity index is 4.48. The molecule has 0 amide bonds. The Morgan fingerprint density at radius 1 is 0.328 bits per heavy atom. The number of ether oxygens (including phenoxy) is 3. The van der Waals surface area contributed by atoms with Crippen molar-refractivity contribution in [3.63, 3.8) is 0 Å². The lowest BCUT2D eigenvalue weighted by atomic mass is 10.1. The van der Waals surface area contributed by atoms with Gasteiger partial charge in [-0.25, -0.2) is 0 Å². The fraction of sp³-hybridized carbons (Fsp3) is 0.727. The smallest absolute Gasteiger partial charge is 0.306 e. The molecule has 6 heteroatoms. The molecule has 0 aromatic carbocycles. The first-order valence-corrected chi connectivity index (χ1v) is 25.4. The van der Waals surface area contributed by atoms with Gasteiger partial charge in [0.2, 0.25) is 0 Å². The number of hydrogen-bond acceptors (Lipinski definition) is 6. The minimum Gasteiger partial charge on any atom is -0.462 e. The van der Waals surface area contributed by atoms with Gasteiger partial charge < -0.3 is 14.2 Å². The Hall–Kier alpha value is -3.15. The zero-order valence-electron chi connectivity index (χ0n) is 39.9. The van der Waals surface area contributed by atoms with Crippen molar-refractivity contribution in [1.82, 2.24) is 0 Å². The van der Waals surface area contributed by atoms with Gasteiger partial charge in [0.15, 0.2) is 6.10 Å². The zero-order valence-corrected chi connectivity index (χ0v) is 39.9. The molecule has 0 aliphatic carbocycles. The van der Waals surface area contributed by atoms with Crippen LogP contribution >= 0.6 is 0 Å². The highest BCUT2D eigenvalue weighted by atomic mass is 16.6. The fourth-order valence-electron chi connectivity index (χ4n) is 6.76. The van der Waals surface area contributed by atoms with Crippen molar-refractivity contribution in [2.75, 3.05) is 13.2 Å². The molecule has 0 heterocycles. The van der Waals surface area contributed by atoms with Gasteiger partial charge in [-0.05, 0) is 103 Å². The quantitative estimate of drug-likeness (QED) is 0.0263. The molecule has 350 valence electrons. The predicted octanol–water partition coefficient (Wildman–Crippen LogP) is 16.6. The van der Waals surface area contributed by atoms with Crippen molar-refractivity contribution in [1.29, 1.82) is 0 Å². The number of esters is 3. The number of carbonyl (C=O) groups is 3. The average Bonchev–Trinajstić information content (AvgIpc) is 3.26. The maximum absolute atomic E-state index is 12.8. The van der Waals surface area contributed by atoms with Crippen molar-refractivity contribution >= 4 is 17.9 Å². The topological polar surface area (TPSA) is 78.9 Å². The minimum absolute atomic E-state index is 0.102. The van der Waals surface area contributed by atoms with Gasteiger partial charge in [-0.2, -0.15) is 0 Å². The SMILES string of the molecule is CCCC/C=C\CCCCCCCC(=O)OC[C@@H](COC(=O)CCC/C=C\C/C=C\C/C=C\CCCCCCCC)OC(=O)CCCCCCC/C=C\C/C=C\CCCCC. The molecule has 0 aliphatic heterocycles. The molecule has 0 unspecified atom stereocenters. The average molecular weight is 851 g/mol. The Morgan fingerprint density at radius 2 is 0.623 bits per heavy atom. The Labute approximate surface area is 376 Å². The van der Waals surface area contributed by atoms with E-state index in [1.54, 1.807) is 0 Å². The summed E-state index contributed by atoms with van der Waals surface area (Å²) in [4.78, 5) is 37.9. The van der Waals surface area contributed by atoms with Gasteiger partial charge >= 0.3 is 17.9 Å². The van der Waals surface area contributed by atoms with Gasteiger partial charge in [0.1, 0.15) is 13.2 Å². The van der Waals surface area contributed by atoms with Crippen LogP contribution < -0.4 is 0 Å². The van der Waals surface area contributed by atoms with Crippen LogP contribution in [-0.4, -0.2) is 37.2 Å². The first kappa shape index (κ1) is 57.9. The molecule has 61 heavy (non-hydrogen) atoms. The van der Waals surface area contributed by atoms with Gasteiger partial charge in [0, 0.05) is 19.3 Å². The molecule has 0 bridgehead atoms. The van der Waals surface area contributed by atoms with Gasteiger partial charge in [-0.15, -0.1) is 0 Å². The Bertz CT molecular complexity index is 1160. The van der Waals surface area contributed by atoms with E-state index in [9.17, 15) is 14.4 Å². The van der Waals surface area contributed by atoms with E-state index >= 15 is 0 Å². The molecule has 0 saturated carbocycles. The second-order valence-electron chi connectivity index (χ2n) is 16.7. The van der Waals surface area contributed by atoms with Gasteiger partial charge in [0.25, 0.3) is 0 Å². The highest BCUT2D eigenvalue weighted by Crippen LogP contribution is 2.13. The van der Waals surface area contributed by atoms with E-state index in [1.807, 2.05) is 0 Å². The van der Waals surface area contributed by atoms with E-state index in [1.165, 1.54) is 96.3 Å². The second-order valence-corrected chi connectivity index (χ2v) is 16.7. The monoisotopic (exact) mass is 851 g/mol. The van der Waals surface area contributed by atoms with Crippen LogP contribution in [0.3, 0.4) is 0 Å². The largest absolute Gasteiger partial charge is 0.462 e. The van der Waals surface area contributed by atoms with E-state index in [4.69, 9.17) is 14.2 Å². The molecular formula is C55H94O6. The zero-order chi connectivity index (χ0) is 44.4. The van der Waals surface area contributed by atoms with Crippen LogP contribution in [0.4, 0.5) is 0 Å². The van der Waals surface area contributed by atoms with Gasteiger partial charge in [-0.3, -0.25) is 14.4 Å². The molecular weight excluding hydrogens is 757 g/mol. The van der Waals surface area contributed by atoms with Crippen molar-refractivity contribution in [2.45, 2.75) is 245 Å². The Morgan fingerprint density at radius 3 is 1.08 bits per heavy atom. The van der Waals surface area contributed by atoms with Crippen molar-refractivity contribution in [3.8, 4) is 0 Å². The summed E-state index contributed by atoms with van der Waals surface area (Å²) in [7, 11) is 0. The van der Waals surface area contributed by atoms with Crippen molar-refractivity contribution < 1.29 is 28.6 Å². The summed E-state index contributed by atoms with van der Waals surface area (Å²) in [6, 6.07) is 0. The molecule has 0 aromatic heterocycles. The van der Waals surface area contributed by atoms with Crippen molar-refractivity contribution in [3.05, 3.63) is 72.9 Å². The molecule has 0 saturated heterocycles. The normalized spacial score (nSPS) is 12.6. The molecule has 0 N–H and O–H groups in total.